The summed E-state index contributed by atoms with van der Waals surface area (Å²) in [4.78, 5) is 4.79. The molecule has 0 aromatic carbocycles. The molecule has 1 saturated heterocycles. The largest absolute Gasteiger partial charge is 0.375 e. The minimum atomic E-state index is 0.811. The second-order valence-corrected chi connectivity index (χ2v) is 7.39. The molecule has 5 nitrogen and oxygen atoms in total. The summed E-state index contributed by atoms with van der Waals surface area (Å²) in [7, 11) is 6.19. The van der Waals surface area contributed by atoms with Gasteiger partial charge in [0.25, 0.3) is 0 Å². The lowest BCUT2D eigenvalue weighted by molar-refractivity contribution is 0.209. The van der Waals surface area contributed by atoms with Crippen LogP contribution in [0.5, 0.6) is 0 Å². The van der Waals surface area contributed by atoms with Gasteiger partial charge in [-0.1, -0.05) is 25.2 Å². The minimum Gasteiger partial charge on any atom is -0.375 e. The number of likely N-dealkylation sites (N-methyl/N-ethyl adjacent to an activating group) is 2. The fourth-order valence-corrected chi connectivity index (χ4v) is 3.88. The van der Waals surface area contributed by atoms with Crippen LogP contribution in [0.2, 0.25) is 0 Å². The number of nitrogens with one attached hydrogen (secondary N) is 2. The van der Waals surface area contributed by atoms with Crippen molar-refractivity contribution < 1.29 is 0 Å². The smallest absolute Gasteiger partial charge is 0.101 e. The third-order valence-electron chi connectivity index (χ3n) is 5.45. The van der Waals surface area contributed by atoms with Crippen LogP contribution < -0.4 is 10.7 Å². The van der Waals surface area contributed by atoms with Gasteiger partial charge in [0.1, 0.15) is 5.82 Å². The zero-order valence-corrected chi connectivity index (χ0v) is 16.5. The first-order chi connectivity index (χ1) is 12.6. The number of likely N-dealkylation sites (tertiary alicyclic amines) is 1. The Morgan fingerprint density at radius 2 is 1.92 bits per heavy atom. The molecule has 3 aliphatic heterocycles. The summed E-state index contributed by atoms with van der Waals surface area (Å²) in [5.41, 5.74) is 8.46. The Morgan fingerprint density at radius 3 is 2.62 bits per heavy atom. The monoisotopic (exact) mass is 355 g/mol. The molecule has 0 aromatic heterocycles. The molecule has 1 fully saturated rings. The van der Waals surface area contributed by atoms with E-state index < -0.39 is 0 Å². The van der Waals surface area contributed by atoms with Crippen molar-refractivity contribution in [3.8, 4) is 0 Å². The lowest BCUT2D eigenvalue weighted by atomic mass is 9.94. The van der Waals surface area contributed by atoms with E-state index in [0.29, 0.717) is 0 Å². The van der Waals surface area contributed by atoms with Crippen LogP contribution in [0.15, 0.2) is 59.1 Å². The first-order valence-electron chi connectivity index (χ1n) is 9.68. The summed E-state index contributed by atoms with van der Waals surface area (Å²) in [6.45, 7) is 9.49. The van der Waals surface area contributed by atoms with Gasteiger partial charge in [0, 0.05) is 46.5 Å². The first-order valence-corrected chi connectivity index (χ1v) is 9.68. The molecule has 2 N–H and O–H groups in total. The quantitative estimate of drug-likeness (QED) is 0.808. The Morgan fingerprint density at radius 1 is 1.15 bits per heavy atom. The molecule has 142 valence electrons. The SMILES string of the molecule is C=C1/C=C(/CN2CCCCC2)N(C)NC/C=C\1C1=CC=C(NC)N(C)C1. The molecule has 3 rings (SSSR count). The average Bonchev–Trinajstić information content (AvgIpc) is 2.64. The fraction of sp³-hybridized carbons (Fsp3) is 0.524. The van der Waals surface area contributed by atoms with Gasteiger partial charge < -0.3 is 15.2 Å². The average molecular weight is 356 g/mol. The van der Waals surface area contributed by atoms with E-state index in [0.717, 1.165) is 31.0 Å². The summed E-state index contributed by atoms with van der Waals surface area (Å²) in [5, 5.41) is 5.39. The molecule has 0 aromatic rings. The normalized spacial score (nSPS) is 26.8. The molecule has 0 bridgehead atoms. The Balaban J connectivity index is 1.79. The molecule has 3 aliphatic rings. The van der Waals surface area contributed by atoms with Gasteiger partial charge in [-0.25, -0.2) is 5.43 Å². The number of hydrazine groups is 1. The number of hydrogen-bond acceptors (Lipinski definition) is 5. The van der Waals surface area contributed by atoms with Crippen LogP contribution in [-0.2, 0) is 0 Å². The summed E-state index contributed by atoms with van der Waals surface area (Å²) >= 11 is 0. The third kappa shape index (κ3) is 4.40. The highest BCUT2D eigenvalue weighted by atomic mass is 15.5. The predicted octanol–water partition coefficient (Wildman–Crippen LogP) is 2.22. The zero-order chi connectivity index (χ0) is 18.5. The number of nitrogens with zero attached hydrogens (tertiary/aromatic N) is 3. The van der Waals surface area contributed by atoms with E-state index in [9.17, 15) is 0 Å². The summed E-state index contributed by atoms with van der Waals surface area (Å²) in [6, 6.07) is 0. The maximum absolute atomic E-state index is 4.40. The standard InChI is InChI=1S/C21H33N5/c1-17-14-19(16-26-12-6-5-7-13-26)25(4)23-11-10-20(17)18-8-9-21(22-2)24(3)15-18/h8-10,14,22-23H,1,5-7,11-13,15-16H2,2-4H3/b19-14-,20-10+. The van der Waals surface area contributed by atoms with Crippen molar-refractivity contribution in [1.82, 2.24) is 25.6 Å². The molecule has 0 saturated carbocycles. The number of hydrogen-bond donors (Lipinski definition) is 2. The van der Waals surface area contributed by atoms with Crippen LogP contribution in [0, 0.1) is 0 Å². The second-order valence-electron chi connectivity index (χ2n) is 7.39. The van der Waals surface area contributed by atoms with Crippen LogP contribution in [0.1, 0.15) is 19.3 Å². The van der Waals surface area contributed by atoms with E-state index in [1.807, 2.05) is 7.05 Å². The summed E-state index contributed by atoms with van der Waals surface area (Å²) < 4.78 is 0. The van der Waals surface area contributed by atoms with Crippen LogP contribution >= 0.6 is 0 Å². The number of rotatable bonds is 4. The highest BCUT2D eigenvalue weighted by Crippen LogP contribution is 2.26. The van der Waals surface area contributed by atoms with Gasteiger partial charge in [0.05, 0.1) is 0 Å². The molecule has 26 heavy (non-hydrogen) atoms. The first kappa shape index (κ1) is 18.8. The minimum absolute atomic E-state index is 0.811. The van der Waals surface area contributed by atoms with E-state index >= 15 is 0 Å². The Kier molecular flexibility index (Phi) is 6.22. The highest BCUT2D eigenvalue weighted by molar-refractivity contribution is 5.54. The maximum atomic E-state index is 4.40. The van der Waals surface area contributed by atoms with E-state index in [1.165, 1.54) is 49.2 Å². The number of allylic oxidation sites excluding steroid dienone is 4. The third-order valence-corrected chi connectivity index (χ3v) is 5.45. The summed E-state index contributed by atoms with van der Waals surface area (Å²) in [5.74, 6) is 1.14. The highest BCUT2D eigenvalue weighted by Gasteiger charge is 2.19. The van der Waals surface area contributed by atoms with Gasteiger partial charge in [-0.05, 0) is 54.8 Å². The predicted molar refractivity (Wildman–Crippen MR) is 109 cm³/mol. The van der Waals surface area contributed by atoms with Crippen molar-refractivity contribution in [3.63, 3.8) is 0 Å². The van der Waals surface area contributed by atoms with E-state index in [-0.39, 0.29) is 0 Å². The molecule has 3 heterocycles. The van der Waals surface area contributed by atoms with E-state index in [2.05, 4.69) is 70.5 Å². The maximum Gasteiger partial charge on any atom is 0.101 e. The van der Waals surface area contributed by atoms with Gasteiger partial charge in [-0.15, -0.1) is 0 Å². The van der Waals surface area contributed by atoms with Gasteiger partial charge in [-0.2, -0.15) is 0 Å². The van der Waals surface area contributed by atoms with Crippen molar-refractivity contribution in [2.24, 2.45) is 0 Å². The molecule has 5 heteroatoms. The van der Waals surface area contributed by atoms with Crippen LogP contribution in [-0.4, -0.2) is 68.7 Å². The number of piperidine rings is 1. The van der Waals surface area contributed by atoms with Crippen LogP contribution in [0.25, 0.3) is 0 Å². The van der Waals surface area contributed by atoms with Crippen molar-refractivity contribution in [2.45, 2.75) is 19.3 Å². The lowest BCUT2D eigenvalue weighted by Crippen LogP contribution is -2.41. The molecule has 0 aliphatic carbocycles. The molecule has 0 unspecified atom stereocenters. The van der Waals surface area contributed by atoms with Gasteiger partial charge in [0.15, 0.2) is 0 Å². The fourth-order valence-electron chi connectivity index (χ4n) is 3.88. The van der Waals surface area contributed by atoms with E-state index in [4.69, 9.17) is 0 Å². The van der Waals surface area contributed by atoms with Gasteiger partial charge in [0.2, 0.25) is 0 Å². The van der Waals surface area contributed by atoms with Crippen LogP contribution in [0.4, 0.5) is 0 Å². The van der Waals surface area contributed by atoms with E-state index in [1.54, 1.807) is 0 Å². The van der Waals surface area contributed by atoms with Crippen molar-refractivity contribution >= 4 is 0 Å². The molecule has 0 amide bonds. The Hall–Kier alpha value is -1.98. The Bertz CT molecular complexity index is 649. The topological polar surface area (TPSA) is 33.8 Å². The molecule has 0 radical (unpaired) electrons. The summed E-state index contributed by atoms with van der Waals surface area (Å²) in [6.07, 6.45) is 12.9. The lowest BCUT2D eigenvalue weighted by Gasteiger charge is -2.33. The molecular weight excluding hydrogens is 322 g/mol. The van der Waals surface area contributed by atoms with Crippen molar-refractivity contribution in [2.75, 3.05) is 53.9 Å². The van der Waals surface area contributed by atoms with Crippen molar-refractivity contribution in [3.05, 3.63) is 59.1 Å². The molecular formula is C21H33N5. The van der Waals surface area contributed by atoms with Crippen LogP contribution in [0.3, 0.4) is 0 Å². The van der Waals surface area contributed by atoms with Crippen molar-refractivity contribution in [1.29, 1.82) is 0 Å². The zero-order valence-electron chi connectivity index (χ0n) is 16.5. The van der Waals surface area contributed by atoms with Gasteiger partial charge >= 0.3 is 0 Å². The van der Waals surface area contributed by atoms with Gasteiger partial charge in [-0.3, -0.25) is 4.90 Å². The molecule has 0 spiro atoms. The second kappa shape index (κ2) is 8.60. The molecule has 0 atom stereocenters. The Labute approximate surface area is 158 Å².